The Labute approximate surface area is 157 Å². The Morgan fingerprint density at radius 1 is 1.24 bits per heavy atom. The molecule has 0 aliphatic heterocycles. The summed E-state index contributed by atoms with van der Waals surface area (Å²) >= 11 is 2.85. The third kappa shape index (κ3) is 5.89. The highest BCUT2D eigenvalue weighted by Gasteiger charge is 2.10. The molecule has 2 aromatic rings. The van der Waals surface area contributed by atoms with Gasteiger partial charge in [0.1, 0.15) is 0 Å². The van der Waals surface area contributed by atoms with Crippen LogP contribution in [0.4, 0.5) is 16.5 Å². The average molecular weight is 380 g/mol. The minimum absolute atomic E-state index is 0.0471. The summed E-state index contributed by atoms with van der Waals surface area (Å²) in [6, 6.07) is 8.41. The molecule has 0 fully saturated rings. The quantitative estimate of drug-likeness (QED) is 0.643. The van der Waals surface area contributed by atoms with Crippen LogP contribution in [-0.4, -0.2) is 41.0 Å². The molecule has 2 rings (SSSR count). The van der Waals surface area contributed by atoms with Crippen molar-refractivity contribution in [2.75, 3.05) is 34.4 Å². The van der Waals surface area contributed by atoms with Gasteiger partial charge in [-0.15, -0.1) is 10.2 Å². The Balaban J connectivity index is 1.85. The van der Waals surface area contributed by atoms with Gasteiger partial charge in [-0.3, -0.25) is 4.79 Å². The SMILES string of the molecule is CCNc1nnc(SCC(=O)Nc2ccc(N(CC)C(C)C)cc2)s1. The summed E-state index contributed by atoms with van der Waals surface area (Å²) in [5.74, 6) is 0.268. The van der Waals surface area contributed by atoms with Gasteiger partial charge in [-0.25, -0.2) is 0 Å². The molecular weight excluding hydrogens is 354 g/mol. The Hall–Kier alpha value is -1.80. The standard InChI is InChI=1S/C17H25N5OS2/c1-5-18-16-20-21-17(25-16)24-11-15(23)19-13-7-9-14(10-8-13)22(6-2)12(3)4/h7-10,12H,5-6,11H2,1-4H3,(H,18,20)(H,19,23). The average Bonchev–Trinajstić information content (AvgIpc) is 3.03. The van der Waals surface area contributed by atoms with Crippen LogP contribution in [0.3, 0.4) is 0 Å². The van der Waals surface area contributed by atoms with Crippen molar-refractivity contribution in [3.63, 3.8) is 0 Å². The first kappa shape index (κ1) is 19.5. The molecule has 1 amide bonds. The van der Waals surface area contributed by atoms with Crippen molar-refractivity contribution in [2.24, 2.45) is 0 Å². The van der Waals surface area contributed by atoms with Gasteiger partial charge in [0.15, 0.2) is 4.34 Å². The highest BCUT2D eigenvalue weighted by molar-refractivity contribution is 8.01. The summed E-state index contributed by atoms with van der Waals surface area (Å²) in [5, 5.41) is 14.9. The van der Waals surface area contributed by atoms with Crippen LogP contribution in [0.25, 0.3) is 0 Å². The first-order valence-electron chi connectivity index (χ1n) is 8.40. The second-order valence-electron chi connectivity index (χ2n) is 5.67. The van der Waals surface area contributed by atoms with Gasteiger partial charge < -0.3 is 15.5 Å². The van der Waals surface area contributed by atoms with Crippen LogP contribution in [0.5, 0.6) is 0 Å². The topological polar surface area (TPSA) is 70.1 Å². The smallest absolute Gasteiger partial charge is 0.234 e. The van der Waals surface area contributed by atoms with E-state index in [0.29, 0.717) is 11.8 Å². The van der Waals surface area contributed by atoms with E-state index in [-0.39, 0.29) is 5.91 Å². The molecule has 8 heteroatoms. The molecule has 136 valence electrons. The maximum absolute atomic E-state index is 12.1. The van der Waals surface area contributed by atoms with Crippen LogP contribution in [0.1, 0.15) is 27.7 Å². The van der Waals surface area contributed by atoms with Gasteiger partial charge in [0.25, 0.3) is 0 Å². The first-order chi connectivity index (χ1) is 12.0. The van der Waals surface area contributed by atoms with Crippen LogP contribution in [0.15, 0.2) is 28.6 Å². The van der Waals surface area contributed by atoms with E-state index in [1.54, 1.807) is 0 Å². The second kappa shape index (κ2) is 9.62. The monoisotopic (exact) mass is 379 g/mol. The van der Waals surface area contributed by atoms with E-state index in [0.717, 1.165) is 33.9 Å². The summed E-state index contributed by atoms with van der Waals surface area (Å²) < 4.78 is 0.789. The molecule has 1 aromatic carbocycles. The molecule has 0 bridgehead atoms. The van der Waals surface area contributed by atoms with Crippen LogP contribution < -0.4 is 15.5 Å². The Morgan fingerprint density at radius 3 is 2.56 bits per heavy atom. The number of amides is 1. The Morgan fingerprint density at radius 2 is 1.96 bits per heavy atom. The van der Waals surface area contributed by atoms with Crippen LogP contribution in [0, 0.1) is 0 Å². The van der Waals surface area contributed by atoms with E-state index in [1.165, 1.54) is 23.1 Å². The lowest BCUT2D eigenvalue weighted by atomic mass is 10.2. The molecule has 0 spiro atoms. The number of thioether (sulfide) groups is 1. The van der Waals surface area contributed by atoms with Crippen molar-refractivity contribution in [3.05, 3.63) is 24.3 Å². The molecule has 1 aromatic heterocycles. The zero-order valence-electron chi connectivity index (χ0n) is 15.1. The van der Waals surface area contributed by atoms with Crippen LogP contribution >= 0.6 is 23.1 Å². The van der Waals surface area contributed by atoms with E-state index >= 15 is 0 Å². The molecule has 0 aliphatic rings. The van der Waals surface area contributed by atoms with Gasteiger partial charge in [0.05, 0.1) is 5.75 Å². The molecule has 1 heterocycles. The lowest BCUT2D eigenvalue weighted by Gasteiger charge is -2.27. The highest BCUT2D eigenvalue weighted by atomic mass is 32.2. The predicted octanol–water partition coefficient (Wildman–Crippen LogP) is 3.94. The molecular formula is C17H25N5OS2. The second-order valence-corrected chi connectivity index (χ2v) is 7.87. The number of hydrogen-bond acceptors (Lipinski definition) is 7. The van der Waals surface area contributed by atoms with Gasteiger partial charge in [0, 0.05) is 30.5 Å². The number of hydrogen-bond donors (Lipinski definition) is 2. The minimum Gasteiger partial charge on any atom is -0.369 e. The zero-order chi connectivity index (χ0) is 18.2. The maximum Gasteiger partial charge on any atom is 0.234 e. The Kier molecular flexibility index (Phi) is 7.52. The fraction of sp³-hybridized carbons (Fsp3) is 0.471. The molecule has 6 nitrogen and oxygen atoms in total. The van der Waals surface area contributed by atoms with Crippen molar-refractivity contribution in [2.45, 2.75) is 38.1 Å². The third-order valence-electron chi connectivity index (χ3n) is 3.51. The number of anilines is 3. The molecule has 0 atom stereocenters. The van der Waals surface area contributed by atoms with Crippen molar-refractivity contribution in [3.8, 4) is 0 Å². The van der Waals surface area contributed by atoms with E-state index in [4.69, 9.17) is 0 Å². The number of aromatic nitrogens is 2. The van der Waals surface area contributed by atoms with Crippen LogP contribution in [0.2, 0.25) is 0 Å². The summed E-state index contributed by atoms with van der Waals surface area (Å²) in [4.78, 5) is 14.4. The van der Waals surface area contributed by atoms with Gasteiger partial charge in [-0.2, -0.15) is 0 Å². The number of benzene rings is 1. The molecule has 0 saturated carbocycles. The number of nitrogens with zero attached hydrogens (tertiary/aromatic N) is 3. The van der Waals surface area contributed by atoms with E-state index < -0.39 is 0 Å². The first-order valence-corrected chi connectivity index (χ1v) is 10.2. The fourth-order valence-corrected chi connectivity index (χ4v) is 4.02. The third-order valence-corrected chi connectivity index (χ3v) is 5.52. The molecule has 0 aliphatic carbocycles. The maximum atomic E-state index is 12.1. The number of nitrogens with one attached hydrogen (secondary N) is 2. The molecule has 0 saturated heterocycles. The largest absolute Gasteiger partial charge is 0.369 e. The summed E-state index contributed by atoms with van der Waals surface area (Å²) in [7, 11) is 0. The predicted molar refractivity (Wildman–Crippen MR) is 108 cm³/mol. The van der Waals surface area contributed by atoms with Crippen molar-refractivity contribution in [1.82, 2.24) is 10.2 Å². The normalized spacial score (nSPS) is 10.8. The van der Waals surface area contributed by atoms with E-state index in [1.807, 2.05) is 31.2 Å². The van der Waals surface area contributed by atoms with Gasteiger partial charge in [-0.1, -0.05) is 23.1 Å². The fourth-order valence-electron chi connectivity index (χ4n) is 2.40. The van der Waals surface area contributed by atoms with Crippen molar-refractivity contribution in [1.29, 1.82) is 0 Å². The van der Waals surface area contributed by atoms with Gasteiger partial charge >= 0.3 is 0 Å². The van der Waals surface area contributed by atoms with Gasteiger partial charge in [0.2, 0.25) is 11.0 Å². The number of rotatable bonds is 9. The lowest BCUT2D eigenvalue weighted by molar-refractivity contribution is -0.113. The van der Waals surface area contributed by atoms with Crippen molar-refractivity contribution >= 4 is 45.5 Å². The van der Waals surface area contributed by atoms with E-state index in [2.05, 4.69) is 46.5 Å². The van der Waals surface area contributed by atoms with E-state index in [9.17, 15) is 4.79 Å². The Bertz CT molecular complexity index is 672. The summed E-state index contributed by atoms with van der Waals surface area (Å²) in [5.41, 5.74) is 1.97. The highest BCUT2D eigenvalue weighted by Crippen LogP contribution is 2.25. The number of carbonyl (C=O) groups excluding carboxylic acids is 1. The minimum atomic E-state index is -0.0471. The molecule has 0 radical (unpaired) electrons. The van der Waals surface area contributed by atoms with Gasteiger partial charge in [-0.05, 0) is 52.0 Å². The lowest BCUT2D eigenvalue weighted by Crippen LogP contribution is -2.30. The molecule has 2 N–H and O–H groups in total. The summed E-state index contributed by atoms with van der Waals surface area (Å²) in [6.45, 7) is 10.3. The zero-order valence-corrected chi connectivity index (χ0v) is 16.7. The molecule has 0 unspecified atom stereocenters. The van der Waals surface area contributed by atoms with Crippen molar-refractivity contribution < 1.29 is 4.79 Å². The molecule has 25 heavy (non-hydrogen) atoms. The number of carbonyl (C=O) groups is 1. The summed E-state index contributed by atoms with van der Waals surface area (Å²) in [6.07, 6.45) is 0. The van der Waals surface area contributed by atoms with Crippen LogP contribution in [-0.2, 0) is 4.79 Å².